The number of hydrogen-bond donors (Lipinski definition) is 0. The van der Waals surface area contributed by atoms with Crippen LogP contribution in [0.5, 0.6) is 5.75 Å². The molecule has 0 amide bonds. The first-order chi connectivity index (χ1) is 15.6. The zero-order chi connectivity index (χ0) is 24.2. The van der Waals surface area contributed by atoms with Gasteiger partial charge in [-0.05, 0) is 75.2 Å². The summed E-state index contributed by atoms with van der Waals surface area (Å²) in [5.74, 6) is 0.0765. The average Bonchev–Trinajstić information content (AvgIpc) is 2.78. The van der Waals surface area contributed by atoms with Crippen molar-refractivity contribution >= 4 is 21.7 Å². The minimum absolute atomic E-state index is 0.0329. The SMILES string of the molecule is CCN(c1ccc(OCc2cc(C)cc(C)c2)cc1)S(=O)(=O)c1ccc(C)c(C(=O)OC)c1. The van der Waals surface area contributed by atoms with E-state index < -0.39 is 16.0 Å². The highest BCUT2D eigenvalue weighted by Crippen LogP contribution is 2.27. The lowest BCUT2D eigenvalue weighted by Crippen LogP contribution is -2.31. The molecule has 0 saturated carbocycles. The zero-order valence-electron chi connectivity index (χ0n) is 19.6. The standard InChI is InChI=1S/C26H29NO5S/c1-6-27(33(29,30)24-12-7-20(4)25(16-24)26(28)31-5)22-8-10-23(11-9-22)32-17-21-14-18(2)13-19(3)15-21/h7-16H,6,17H2,1-5H3. The molecule has 0 fully saturated rings. The lowest BCUT2D eigenvalue weighted by Gasteiger charge is -2.23. The van der Waals surface area contributed by atoms with Crippen LogP contribution in [0.1, 0.15) is 39.5 Å². The van der Waals surface area contributed by atoms with Crippen molar-refractivity contribution in [2.24, 2.45) is 0 Å². The maximum atomic E-state index is 13.3. The summed E-state index contributed by atoms with van der Waals surface area (Å²) in [6.07, 6.45) is 0. The Morgan fingerprint density at radius 3 is 2.12 bits per heavy atom. The maximum Gasteiger partial charge on any atom is 0.338 e. The summed E-state index contributed by atoms with van der Waals surface area (Å²) in [5.41, 5.74) is 4.82. The summed E-state index contributed by atoms with van der Waals surface area (Å²) in [6, 6.07) is 17.7. The number of hydrogen-bond acceptors (Lipinski definition) is 5. The van der Waals surface area contributed by atoms with Gasteiger partial charge < -0.3 is 9.47 Å². The van der Waals surface area contributed by atoms with Crippen molar-refractivity contribution < 1.29 is 22.7 Å². The lowest BCUT2D eigenvalue weighted by atomic mass is 10.1. The molecule has 0 spiro atoms. The third kappa shape index (κ3) is 5.54. The van der Waals surface area contributed by atoms with E-state index in [-0.39, 0.29) is 17.0 Å². The number of anilines is 1. The van der Waals surface area contributed by atoms with Gasteiger partial charge in [-0.3, -0.25) is 4.31 Å². The molecule has 0 aliphatic heterocycles. The van der Waals surface area contributed by atoms with Gasteiger partial charge in [0.25, 0.3) is 10.0 Å². The molecule has 174 valence electrons. The van der Waals surface area contributed by atoms with Gasteiger partial charge >= 0.3 is 5.97 Å². The highest BCUT2D eigenvalue weighted by Gasteiger charge is 2.25. The van der Waals surface area contributed by atoms with Crippen molar-refractivity contribution in [1.82, 2.24) is 0 Å². The van der Waals surface area contributed by atoms with E-state index >= 15 is 0 Å². The number of ether oxygens (including phenoxy) is 2. The highest BCUT2D eigenvalue weighted by molar-refractivity contribution is 7.92. The Morgan fingerprint density at radius 1 is 0.909 bits per heavy atom. The molecule has 0 aliphatic carbocycles. The van der Waals surface area contributed by atoms with Gasteiger partial charge in [0.15, 0.2) is 0 Å². The predicted octanol–water partition coefficient (Wildman–Crippen LogP) is 5.19. The third-order valence-corrected chi connectivity index (χ3v) is 7.20. The first kappa shape index (κ1) is 24.3. The molecule has 3 aromatic carbocycles. The fraction of sp³-hybridized carbons (Fsp3) is 0.269. The van der Waals surface area contributed by atoms with E-state index in [1.165, 1.54) is 34.7 Å². The second kappa shape index (κ2) is 10.1. The van der Waals surface area contributed by atoms with E-state index in [1.54, 1.807) is 44.2 Å². The molecular formula is C26H29NO5S. The molecule has 0 aliphatic rings. The van der Waals surface area contributed by atoms with Gasteiger partial charge in [-0.2, -0.15) is 0 Å². The van der Waals surface area contributed by atoms with E-state index in [9.17, 15) is 13.2 Å². The van der Waals surface area contributed by atoms with E-state index in [1.807, 2.05) is 13.8 Å². The van der Waals surface area contributed by atoms with Crippen LogP contribution in [-0.4, -0.2) is 28.0 Å². The first-order valence-electron chi connectivity index (χ1n) is 10.7. The third-order valence-electron chi connectivity index (χ3n) is 5.30. The molecule has 0 aromatic heterocycles. The Balaban J connectivity index is 1.82. The van der Waals surface area contributed by atoms with Crippen molar-refractivity contribution in [1.29, 1.82) is 0 Å². The maximum absolute atomic E-state index is 13.3. The summed E-state index contributed by atoms with van der Waals surface area (Å²) in [4.78, 5) is 12.0. The molecule has 6 nitrogen and oxygen atoms in total. The van der Waals surface area contributed by atoms with Gasteiger partial charge in [0, 0.05) is 6.54 Å². The van der Waals surface area contributed by atoms with E-state index in [2.05, 4.69) is 18.2 Å². The summed E-state index contributed by atoms with van der Waals surface area (Å²) in [5, 5.41) is 0. The van der Waals surface area contributed by atoms with Crippen molar-refractivity contribution in [2.45, 2.75) is 39.2 Å². The molecule has 0 heterocycles. The second-order valence-corrected chi connectivity index (χ2v) is 9.78. The molecule has 0 bridgehead atoms. The van der Waals surface area contributed by atoms with Gasteiger partial charge in [0.2, 0.25) is 0 Å². The molecule has 3 aromatic rings. The van der Waals surface area contributed by atoms with Crippen LogP contribution >= 0.6 is 0 Å². The van der Waals surface area contributed by atoms with Crippen LogP contribution in [0, 0.1) is 20.8 Å². The smallest absolute Gasteiger partial charge is 0.338 e. The van der Waals surface area contributed by atoms with Crippen LogP contribution in [0.4, 0.5) is 5.69 Å². The second-order valence-electron chi connectivity index (χ2n) is 7.92. The minimum Gasteiger partial charge on any atom is -0.489 e. The van der Waals surface area contributed by atoms with Crippen LogP contribution in [0.15, 0.2) is 65.6 Å². The molecule has 33 heavy (non-hydrogen) atoms. The van der Waals surface area contributed by atoms with Gasteiger partial charge in [-0.1, -0.05) is 35.4 Å². The van der Waals surface area contributed by atoms with Gasteiger partial charge in [0.05, 0.1) is 23.3 Å². The molecule has 3 rings (SSSR count). The van der Waals surface area contributed by atoms with Gasteiger partial charge in [-0.15, -0.1) is 0 Å². The highest BCUT2D eigenvalue weighted by atomic mass is 32.2. The summed E-state index contributed by atoms with van der Waals surface area (Å²) in [7, 11) is -2.61. The molecule has 0 N–H and O–H groups in total. The van der Waals surface area contributed by atoms with Crippen molar-refractivity contribution in [3.8, 4) is 5.75 Å². The number of methoxy groups -OCH3 is 1. The molecule has 7 heteroatoms. The Hall–Kier alpha value is -3.32. The molecule has 0 radical (unpaired) electrons. The van der Waals surface area contributed by atoms with Crippen molar-refractivity contribution in [2.75, 3.05) is 18.0 Å². The Morgan fingerprint density at radius 2 is 1.55 bits per heavy atom. The number of aryl methyl sites for hydroxylation is 3. The molecule has 0 unspecified atom stereocenters. The number of rotatable bonds is 8. The quantitative estimate of drug-likeness (QED) is 0.426. The van der Waals surface area contributed by atoms with Crippen molar-refractivity contribution in [3.63, 3.8) is 0 Å². The minimum atomic E-state index is -3.88. The number of carbonyl (C=O) groups is 1. The van der Waals surface area contributed by atoms with E-state index in [0.717, 1.165) is 5.56 Å². The predicted molar refractivity (Wildman–Crippen MR) is 129 cm³/mol. The van der Waals surface area contributed by atoms with Crippen LogP contribution in [0.25, 0.3) is 0 Å². The number of sulfonamides is 1. The summed E-state index contributed by atoms with van der Waals surface area (Å²) < 4.78 is 38.6. The van der Waals surface area contributed by atoms with Crippen molar-refractivity contribution in [3.05, 3.63) is 88.5 Å². The fourth-order valence-corrected chi connectivity index (χ4v) is 5.24. The van der Waals surface area contributed by atoms with Crippen LogP contribution in [-0.2, 0) is 21.4 Å². The Kier molecular flexibility index (Phi) is 7.43. The lowest BCUT2D eigenvalue weighted by molar-refractivity contribution is 0.0599. The topological polar surface area (TPSA) is 72.9 Å². The monoisotopic (exact) mass is 467 g/mol. The first-order valence-corrected chi connectivity index (χ1v) is 12.1. The molecule has 0 atom stereocenters. The summed E-state index contributed by atoms with van der Waals surface area (Å²) in [6.45, 7) is 8.25. The van der Waals surface area contributed by atoms with Crippen LogP contribution < -0.4 is 9.04 Å². The van der Waals surface area contributed by atoms with Gasteiger partial charge in [0.1, 0.15) is 12.4 Å². The zero-order valence-corrected chi connectivity index (χ0v) is 20.4. The number of carbonyl (C=O) groups excluding carboxylic acids is 1. The van der Waals surface area contributed by atoms with E-state index in [4.69, 9.17) is 9.47 Å². The van der Waals surface area contributed by atoms with Crippen LogP contribution in [0.2, 0.25) is 0 Å². The molecule has 0 saturated heterocycles. The van der Waals surface area contributed by atoms with Crippen LogP contribution in [0.3, 0.4) is 0 Å². The summed E-state index contributed by atoms with van der Waals surface area (Å²) >= 11 is 0. The average molecular weight is 468 g/mol. The van der Waals surface area contributed by atoms with E-state index in [0.29, 0.717) is 23.6 Å². The fourth-order valence-electron chi connectivity index (χ4n) is 3.74. The van der Waals surface area contributed by atoms with Gasteiger partial charge in [-0.25, -0.2) is 13.2 Å². The normalized spacial score (nSPS) is 11.2. The largest absolute Gasteiger partial charge is 0.489 e. The Labute approximate surface area is 195 Å². The number of benzene rings is 3. The Bertz CT molecular complexity index is 1230. The molecular weight excluding hydrogens is 438 g/mol. The number of esters is 1. The number of nitrogens with zero attached hydrogens (tertiary/aromatic N) is 1.